The first-order valence-electron chi connectivity index (χ1n) is 8.81. The highest BCUT2D eigenvalue weighted by atomic mass is 32.2. The number of esters is 1. The SMILES string of the molecule is Cc1cccc(OC(=O)Cc2ccc(S(=O)(=O)N3CCCCC3)cc2)c1. The standard InChI is InChI=1S/C20H23NO4S/c1-16-6-5-7-18(14-16)25-20(22)15-17-8-10-19(11-9-17)26(23,24)21-12-3-2-4-13-21/h5-11,14H,2-4,12-13,15H2,1H3. The molecule has 0 spiro atoms. The molecule has 3 rings (SSSR count). The number of hydrogen-bond acceptors (Lipinski definition) is 4. The molecular formula is C20H23NO4S. The number of carbonyl (C=O) groups is 1. The Bertz CT molecular complexity index is 869. The van der Waals surface area contributed by atoms with E-state index in [0.29, 0.717) is 18.8 Å². The lowest BCUT2D eigenvalue weighted by Crippen LogP contribution is -2.35. The number of aryl methyl sites for hydroxylation is 1. The summed E-state index contributed by atoms with van der Waals surface area (Å²) in [6, 6.07) is 13.8. The van der Waals surface area contributed by atoms with Crippen molar-refractivity contribution >= 4 is 16.0 Å². The van der Waals surface area contributed by atoms with Crippen molar-refractivity contribution in [2.45, 2.75) is 37.5 Å². The summed E-state index contributed by atoms with van der Waals surface area (Å²) in [5.41, 5.74) is 1.74. The van der Waals surface area contributed by atoms with E-state index in [1.807, 2.05) is 19.1 Å². The van der Waals surface area contributed by atoms with Crippen LogP contribution < -0.4 is 4.74 Å². The maximum atomic E-state index is 12.6. The van der Waals surface area contributed by atoms with Gasteiger partial charge >= 0.3 is 5.97 Å². The zero-order valence-corrected chi connectivity index (χ0v) is 15.7. The van der Waals surface area contributed by atoms with E-state index in [9.17, 15) is 13.2 Å². The van der Waals surface area contributed by atoms with E-state index in [2.05, 4.69) is 0 Å². The second-order valence-corrected chi connectivity index (χ2v) is 8.51. The van der Waals surface area contributed by atoms with Crippen molar-refractivity contribution in [3.05, 3.63) is 59.7 Å². The van der Waals surface area contributed by atoms with Crippen LogP contribution in [0.4, 0.5) is 0 Å². The van der Waals surface area contributed by atoms with Gasteiger partial charge in [-0.05, 0) is 55.2 Å². The molecule has 0 radical (unpaired) electrons. The Morgan fingerprint density at radius 2 is 1.73 bits per heavy atom. The van der Waals surface area contributed by atoms with Gasteiger partial charge < -0.3 is 4.74 Å². The number of nitrogens with zero attached hydrogens (tertiary/aromatic N) is 1. The summed E-state index contributed by atoms with van der Waals surface area (Å²) in [5.74, 6) is 0.140. The number of carbonyl (C=O) groups excluding carboxylic acids is 1. The maximum absolute atomic E-state index is 12.6. The molecule has 1 aliphatic rings. The summed E-state index contributed by atoms with van der Waals surface area (Å²) in [5, 5.41) is 0. The first-order valence-corrected chi connectivity index (χ1v) is 10.3. The van der Waals surface area contributed by atoms with Crippen LogP contribution in [-0.2, 0) is 21.2 Å². The van der Waals surface area contributed by atoms with Gasteiger partial charge in [-0.1, -0.05) is 30.7 Å². The summed E-state index contributed by atoms with van der Waals surface area (Å²) in [6.45, 7) is 3.08. The van der Waals surface area contributed by atoms with Crippen molar-refractivity contribution in [3.63, 3.8) is 0 Å². The van der Waals surface area contributed by atoms with E-state index < -0.39 is 10.0 Å². The zero-order valence-electron chi connectivity index (χ0n) is 14.8. The molecule has 5 nitrogen and oxygen atoms in total. The molecule has 0 aliphatic carbocycles. The maximum Gasteiger partial charge on any atom is 0.315 e. The van der Waals surface area contributed by atoms with Gasteiger partial charge in [0.05, 0.1) is 11.3 Å². The van der Waals surface area contributed by atoms with Crippen LogP contribution in [0.3, 0.4) is 0 Å². The fourth-order valence-corrected chi connectivity index (χ4v) is 4.56. The van der Waals surface area contributed by atoms with E-state index >= 15 is 0 Å². The molecular weight excluding hydrogens is 350 g/mol. The van der Waals surface area contributed by atoms with Crippen molar-refractivity contribution in [3.8, 4) is 5.75 Å². The molecule has 1 fully saturated rings. The van der Waals surface area contributed by atoms with Crippen LogP contribution in [0.1, 0.15) is 30.4 Å². The van der Waals surface area contributed by atoms with Gasteiger partial charge in [-0.3, -0.25) is 4.79 Å². The monoisotopic (exact) mass is 373 g/mol. The lowest BCUT2D eigenvalue weighted by molar-refractivity contribution is -0.133. The average Bonchev–Trinajstić information content (AvgIpc) is 2.63. The van der Waals surface area contributed by atoms with E-state index in [1.165, 1.54) is 4.31 Å². The number of hydrogen-bond donors (Lipinski definition) is 0. The van der Waals surface area contributed by atoms with Gasteiger partial charge in [0.2, 0.25) is 10.0 Å². The Kier molecular flexibility index (Phi) is 5.74. The van der Waals surface area contributed by atoms with Crippen molar-refractivity contribution in [1.29, 1.82) is 0 Å². The molecule has 1 saturated heterocycles. The molecule has 0 amide bonds. The molecule has 6 heteroatoms. The van der Waals surface area contributed by atoms with Gasteiger partial charge in [0, 0.05) is 13.1 Å². The topological polar surface area (TPSA) is 63.7 Å². The highest BCUT2D eigenvalue weighted by Gasteiger charge is 2.25. The van der Waals surface area contributed by atoms with Gasteiger partial charge in [-0.2, -0.15) is 4.31 Å². The molecule has 26 heavy (non-hydrogen) atoms. The Morgan fingerprint density at radius 3 is 2.38 bits per heavy atom. The molecule has 2 aromatic carbocycles. The predicted octanol–water partition coefficient (Wildman–Crippen LogP) is 3.32. The van der Waals surface area contributed by atoms with Crippen LogP contribution in [0.5, 0.6) is 5.75 Å². The third-order valence-electron chi connectivity index (χ3n) is 4.45. The summed E-state index contributed by atoms with van der Waals surface area (Å²) >= 11 is 0. The van der Waals surface area contributed by atoms with Crippen molar-refractivity contribution in [2.24, 2.45) is 0 Å². The minimum atomic E-state index is -3.44. The summed E-state index contributed by atoms with van der Waals surface area (Å²) in [7, 11) is -3.44. The second-order valence-electron chi connectivity index (χ2n) is 6.58. The van der Waals surface area contributed by atoms with Crippen LogP contribution in [0.2, 0.25) is 0 Å². The average molecular weight is 373 g/mol. The highest BCUT2D eigenvalue weighted by Crippen LogP contribution is 2.21. The first kappa shape index (κ1) is 18.6. The molecule has 1 heterocycles. The number of sulfonamides is 1. The van der Waals surface area contributed by atoms with Gasteiger partial charge in [0.1, 0.15) is 5.75 Å². The van der Waals surface area contributed by atoms with Crippen LogP contribution >= 0.6 is 0 Å². The van der Waals surface area contributed by atoms with E-state index in [1.54, 1.807) is 36.4 Å². The number of ether oxygens (including phenoxy) is 1. The molecule has 2 aromatic rings. The molecule has 0 bridgehead atoms. The third-order valence-corrected chi connectivity index (χ3v) is 6.36. The molecule has 0 unspecified atom stereocenters. The Hall–Kier alpha value is -2.18. The lowest BCUT2D eigenvalue weighted by Gasteiger charge is -2.25. The smallest absolute Gasteiger partial charge is 0.315 e. The third kappa shape index (κ3) is 4.51. The van der Waals surface area contributed by atoms with Gasteiger partial charge in [0.15, 0.2) is 0 Å². The van der Waals surface area contributed by atoms with Crippen LogP contribution in [-0.4, -0.2) is 31.8 Å². The fourth-order valence-electron chi connectivity index (χ4n) is 3.05. The van der Waals surface area contributed by atoms with E-state index in [-0.39, 0.29) is 17.3 Å². The van der Waals surface area contributed by atoms with Crippen LogP contribution in [0, 0.1) is 6.92 Å². The zero-order chi connectivity index (χ0) is 18.6. The van der Waals surface area contributed by atoms with Crippen molar-refractivity contribution < 1.29 is 17.9 Å². The van der Waals surface area contributed by atoms with E-state index in [0.717, 1.165) is 30.4 Å². The fraction of sp³-hybridized carbons (Fsp3) is 0.350. The van der Waals surface area contributed by atoms with Crippen LogP contribution in [0.15, 0.2) is 53.4 Å². The molecule has 1 aliphatic heterocycles. The highest BCUT2D eigenvalue weighted by molar-refractivity contribution is 7.89. The Labute approximate surface area is 154 Å². The van der Waals surface area contributed by atoms with E-state index in [4.69, 9.17) is 4.74 Å². The second kappa shape index (κ2) is 8.01. The first-order chi connectivity index (χ1) is 12.4. The largest absolute Gasteiger partial charge is 0.426 e. The van der Waals surface area contributed by atoms with Gasteiger partial charge in [-0.15, -0.1) is 0 Å². The molecule has 0 aromatic heterocycles. The molecule has 0 atom stereocenters. The molecule has 0 saturated carbocycles. The lowest BCUT2D eigenvalue weighted by atomic mass is 10.1. The van der Waals surface area contributed by atoms with Crippen LogP contribution in [0.25, 0.3) is 0 Å². The van der Waals surface area contributed by atoms with Gasteiger partial charge in [-0.25, -0.2) is 8.42 Å². The normalized spacial score (nSPS) is 15.6. The number of piperidine rings is 1. The predicted molar refractivity (Wildman–Crippen MR) is 99.6 cm³/mol. The summed E-state index contributed by atoms with van der Waals surface area (Å²) in [4.78, 5) is 12.3. The Morgan fingerprint density at radius 1 is 1.04 bits per heavy atom. The summed E-state index contributed by atoms with van der Waals surface area (Å²) in [6.07, 6.45) is 2.98. The van der Waals surface area contributed by atoms with Gasteiger partial charge in [0.25, 0.3) is 0 Å². The van der Waals surface area contributed by atoms with Crippen molar-refractivity contribution in [2.75, 3.05) is 13.1 Å². The Balaban J connectivity index is 1.64. The molecule has 138 valence electrons. The quantitative estimate of drug-likeness (QED) is 0.596. The number of benzene rings is 2. The molecule has 0 N–H and O–H groups in total. The number of rotatable bonds is 5. The minimum Gasteiger partial charge on any atom is -0.426 e. The summed E-state index contributed by atoms with van der Waals surface area (Å²) < 4.78 is 32.1. The van der Waals surface area contributed by atoms with Crippen molar-refractivity contribution in [1.82, 2.24) is 4.31 Å². The minimum absolute atomic E-state index is 0.0952.